The molecule has 2 heterocycles. The van der Waals surface area contributed by atoms with E-state index in [2.05, 4.69) is 55.7 Å². The quantitative estimate of drug-likeness (QED) is 0.646. The third-order valence-corrected chi connectivity index (χ3v) is 9.87. The summed E-state index contributed by atoms with van der Waals surface area (Å²) in [5.41, 5.74) is 4.01. The van der Waals surface area contributed by atoms with E-state index in [-0.39, 0.29) is 29.4 Å². The van der Waals surface area contributed by atoms with E-state index < -0.39 is 0 Å². The summed E-state index contributed by atoms with van der Waals surface area (Å²) < 4.78 is 0. The second-order valence-electron chi connectivity index (χ2n) is 11.8. The molecule has 3 aliphatic rings. The van der Waals surface area contributed by atoms with E-state index in [1.807, 2.05) is 18.2 Å². The Hall–Kier alpha value is -2.37. The molecule has 2 aromatic carbocycles. The van der Waals surface area contributed by atoms with Gasteiger partial charge < -0.3 is 15.1 Å². The molecule has 188 valence electrons. The van der Waals surface area contributed by atoms with Crippen LogP contribution in [0.2, 0.25) is 0 Å². The molecule has 2 N–H and O–H groups in total. The zero-order valence-corrected chi connectivity index (χ0v) is 21.6. The molecule has 4 atom stereocenters. The van der Waals surface area contributed by atoms with Crippen LogP contribution >= 0.6 is 0 Å². The number of hydrogen-bond acceptors (Lipinski definition) is 4. The van der Waals surface area contributed by atoms with Crippen LogP contribution in [0, 0.1) is 5.41 Å². The Morgan fingerprint density at radius 2 is 1.83 bits per heavy atom. The summed E-state index contributed by atoms with van der Waals surface area (Å²) >= 11 is 0. The highest BCUT2D eigenvalue weighted by Crippen LogP contribution is 2.57. The Morgan fingerprint density at radius 3 is 2.54 bits per heavy atom. The minimum Gasteiger partial charge on any atom is -0.508 e. The van der Waals surface area contributed by atoms with E-state index in [4.69, 9.17) is 0 Å². The van der Waals surface area contributed by atoms with Crippen LogP contribution in [0.25, 0.3) is 0 Å². The van der Waals surface area contributed by atoms with Crippen molar-refractivity contribution in [1.29, 1.82) is 0 Å². The fraction of sp³-hybridized carbons (Fsp3) is 0.567. The summed E-state index contributed by atoms with van der Waals surface area (Å²) in [7, 11) is 0. The molecule has 0 aromatic heterocycles. The molecular formula is C30H40N2O3. The van der Waals surface area contributed by atoms with Crippen LogP contribution in [0.5, 0.6) is 5.75 Å². The number of piperidine rings is 1. The maximum atomic E-state index is 13.8. The zero-order chi connectivity index (χ0) is 25.0. The van der Waals surface area contributed by atoms with E-state index in [9.17, 15) is 15.0 Å². The largest absolute Gasteiger partial charge is 0.508 e. The summed E-state index contributed by atoms with van der Waals surface area (Å²) in [6.45, 7) is 11.0. The first kappa shape index (κ1) is 24.3. The highest BCUT2D eigenvalue weighted by atomic mass is 16.3. The van der Waals surface area contributed by atoms with Crippen LogP contribution in [0.1, 0.15) is 80.4 Å². The SMILES string of the molecule is C[C@@H]1CC[C@H](CCO)N1Cc1ccc(C(=O)N2CC[C@@]3(C)c4cccc(O)c4C[C@@H]2C3(C)C)cc1. The molecule has 2 saturated heterocycles. The van der Waals surface area contributed by atoms with Gasteiger partial charge >= 0.3 is 0 Å². The second kappa shape index (κ2) is 8.94. The van der Waals surface area contributed by atoms with Gasteiger partial charge in [0.05, 0.1) is 0 Å². The average Bonchev–Trinajstić information content (AvgIpc) is 3.16. The van der Waals surface area contributed by atoms with E-state index in [1.165, 1.54) is 17.5 Å². The van der Waals surface area contributed by atoms with Crippen molar-refractivity contribution in [2.75, 3.05) is 13.2 Å². The second-order valence-corrected chi connectivity index (χ2v) is 11.8. The van der Waals surface area contributed by atoms with Gasteiger partial charge in [-0.3, -0.25) is 9.69 Å². The van der Waals surface area contributed by atoms with Gasteiger partial charge in [0, 0.05) is 48.8 Å². The number of aliphatic hydroxyl groups excluding tert-OH is 1. The topological polar surface area (TPSA) is 64.0 Å². The number of amides is 1. The third kappa shape index (κ3) is 3.88. The van der Waals surface area contributed by atoms with Crippen molar-refractivity contribution >= 4 is 5.91 Å². The van der Waals surface area contributed by atoms with Crippen molar-refractivity contribution in [3.63, 3.8) is 0 Å². The van der Waals surface area contributed by atoms with Gasteiger partial charge in [0.15, 0.2) is 0 Å². The molecule has 5 rings (SSSR count). The van der Waals surface area contributed by atoms with Crippen LogP contribution in [-0.4, -0.2) is 57.2 Å². The number of hydrogen-bond donors (Lipinski definition) is 2. The standard InChI is InChI=1S/C30H40N2O3/c1-20-8-13-23(14-17-33)32(20)19-21-9-11-22(12-10-21)28(35)31-16-15-30(4)25-6-5-7-26(34)24(25)18-27(31)29(30,2)3/h5-7,9-12,20,23,27,33-34H,8,13-19H2,1-4H3/t20-,23-,27-,30+/m1/s1. The number of nitrogens with zero attached hydrogens (tertiary/aromatic N) is 2. The number of rotatable bonds is 5. The predicted octanol–water partition coefficient (Wildman–Crippen LogP) is 4.88. The van der Waals surface area contributed by atoms with E-state index in [1.54, 1.807) is 6.07 Å². The van der Waals surface area contributed by atoms with Gasteiger partial charge in [-0.25, -0.2) is 0 Å². The number of carbonyl (C=O) groups excluding carboxylic acids is 1. The fourth-order valence-electron chi connectivity index (χ4n) is 7.17. The molecule has 2 aliphatic heterocycles. The van der Waals surface area contributed by atoms with Crippen LogP contribution in [-0.2, 0) is 18.4 Å². The van der Waals surface area contributed by atoms with Gasteiger partial charge in [0.25, 0.3) is 5.91 Å². The van der Waals surface area contributed by atoms with Crippen LogP contribution in [0.4, 0.5) is 0 Å². The lowest BCUT2D eigenvalue weighted by atomic mass is 9.51. The monoisotopic (exact) mass is 476 g/mol. The van der Waals surface area contributed by atoms with Gasteiger partial charge in [0.2, 0.25) is 0 Å². The first-order valence-electron chi connectivity index (χ1n) is 13.2. The molecule has 0 radical (unpaired) electrons. The number of phenolic OH excluding ortho intramolecular Hbond substituents is 1. The Bertz CT molecular complexity index is 1090. The number of likely N-dealkylation sites (tertiary alicyclic amines) is 2. The maximum absolute atomic E-state index is 13.8. The summed E-state index contributed by atoms with van der Waals surface area (Å²) in [5.74, 6) is 0.437. The van der Waals surface area contributed by atoms with Crippen molar-refractivity contribution in [3.05, 3.63) is 64.7 Å². The molecular weight excluding hydrogens is 436 g/mol. The highest BCUT2D eigenvalue weighted by molar-refractivity contribution is 5.94. The molecule has 2 fully saturated rings. The first-order chi connectivity index (χ1) is 16.7. The highest BCUT2D eigenvalue weighted by Gasteiger charge is 2.57. The van der Waals surface area contributed by atoms with Crippen molar-refractivity contribution in [2.45, 2.75) is 89.9 Å². The van der Waals surface area contributed by atoms with Gasteiger partial charge in [-0.05, 0) is 79.3 Å². The molecule has 5 heteroatoms. The van der Waals surface area contributed by atoms with E-state index >= 15 is 0 Å². The molecule has 0 spiro atoms. The van der Waals surface area contributed by atoms with Crippen molar-refractivity contribution in [2.24, 2.45) is 5.41 Å². The Kier molecular flexibility index (Phi) is 6.21. The van der Waals surface area contributed by atoms with Crippen molar-refractivity contribution in [1.82, 2.24) is 9.80 Å². The zero-order valence-electron chi connectivity index (χ0n) is 21.6. The van der Waals surface area contributed by atoms with Crippen LogP contribution in [0.15, 0.2) is 42.5 Å². The number of aliphatic hydroxyl groups is 1. The van der Waals surface area contributed by atoms with Gasteiger partial charge in [-0.2, -0.15) is 0 Å². The third-order valence-electron chi connectivity index (χ3n) is 9.87. The molecule has 1 aliphatic carbocycles. The lowest BCUT2D eigenvalue weighted by molar-refractivity contribution is -0.0266. The summed E-state index contributed by atoms with van der Waals surface area (Å²) in [5, 5.41) is 20.1. The molecule has 2 bridgehead atoms. The van der Waals surface area contributed by atoms with Crippen molar-refractivity contribution < 1.29 is 15.0 Å². The van der Waals surface area contributed by atoms with Crippen molar-refractivity contribution in [3.8, 4) is 5.75 Å². The number of carbonyl (C=O) groups is 1. The fourth-order valence-corrected chi connectivity index (χ4v) is 7.17. The normalized spacial score (nSPS) is 29.7. The summed E-state index contributed by atoms with van der Waals surface area (Å²) in [4.78, 5) is 18.3. The smallest absolute Gasteiger partial charge is 0.254 e. The molecule has 0 unspecified atom stereocenters. The Morgan fingerprint density at radius 1 is 1.09 bits per heavy atom. The molecule has 0 saturated carbocycles. The molecule has 5 nitrogen and oxygen atoms in total. The molecule has 35 heavy (non-hydrogen) atoms. The molecule has 2 aromatic rings. The van der Waals surface area contributed by atoms with Crippen LogP contribution in [0.3, 0.4) is 0 Å². The predicted molar refractivity (Wildman–Crippen MR) is 139 cm³/mol. The lowest BCUT2D eigenvalue weighted by Crippen LogP contribution is -2.64. The summed E-state index contributed by atoms with van der Waals surface area (Å²) in [6.07, 6.45) is 4.71. The average molecular weight is 477 g/mol. The minimum absolute atomic E-state index is 0.0407. The number of phenols is 1. The van der Waals surface area contributed by atoms with E-state index in [0.29, 0.717) is 24.3 Å². The van der Waals surface area contributed by atoms with E-state index in [0.717, 1.165) is 43.5 Å². The van der Waals surface area contributed by atoms with Crippen LogP contribution < -0.4 is 0 Å². The lowest BCUT2D eigenvalue weighted by Gasteiger charge is -2.60. The number of benzene rings is 2. The maximum Gasteiger partial charge on any atom is 0.254 e. The number of aromatic hydroxyl groups is 1. The Balaban J connectivity index is 1.36. The minimum atomic E-state index is -0.102. The Labute approximate surface area is 209 Å². The van der Waals surface area contributed by atoms with Gasteiger partial charge in [0.1, 0.15) is 5.75 Å². The first-order valence-corrected chi connectivity index (χ1v) is 13.2. The van der Waals surface area contributed by atoms with Gasteiger partial charge in [-0.1, -0.05) is 45.0 Å². The summed E-state index contributed by atoms with van der Waals surface area (Å²) in [6, 6.07) is 15.0. The van der Waals surface area contributed by atoms with Gasteiger partial charge in [-0.15, -0.1) is 0 Å². The molecule has 1 amide bonds. The number of fused-ring (bicyclic) bond motifs is 4.